The molecule has 27 heavy (non-hydrogen) atoms. The van der Waals surface area contributed by atoms with Gasteiger partial charge in [-0.05, 0) is 42.7 Å². The van der Waals surface area contributed by atoms with E-state index >= 15 is 0 Å². The standard InChI is InChI=1S/C19H21N5O3/c25-18(20-12-16-7-4-10-27-16)21-15-6-3-5-14(11-15)13-24-19(26)23-9-2-1-8-17(23)22-24/h1-3,5-6,8-9,11,16H,4,7,10,12-13H2,(H2,20,21,25). The van der Waals surface area contributed by atoms with Gasteiger partial charge in [-0.1, -0.05) is 18.2 Å². The van der Waals surface area contributed by atoms with Crippen LogP contribution >= 0.6 is 0 Å². The summed E-state index contributed by atoms with van der Waals surface area (Å²) >= 11 is 0. The highest BCUT2D eigenvalue weighted by Gasteiger charge is 2.16. The van der Waals surface area contributed by atoms with Crippen LogP contribution in [0.1, 0.15) is 18.4 Å². The van der Waals surface area contributed by atoms with Crippen LogP contribution in [0.3, 0.4) is 0 Å². The summed E-state index contributed by atoms with van der Waals surface area (Å²) in [5.41, 5.74) is 1.94. The summed E-state index contributed by atoms with van der Waals surface area (Å²) < 4.78 is 8.40. The van der Waals surface area contributed by atoms with E-state index in [4.69, 9.17) is 4.74 Å². The smallest absolute Gasteiger partial charge is 0.350 e. The number of carbonyl (C=O) groups excluding carboxylic acids is 1. The van der Waals surface area contributed by atoms with Gasteiger partial charge in [-0.2, -0.15) is 0 Å². The molecule has 0 bridgehead atoms. The molecular formula is C19H21N5O3. The minimum absolute atomic E-state index is 0.101. The molecule has 4 rings (SSSR count). The van der Waals surface area contributed by atoms with Crippen molar-refractivity contribution in [2.24, 2.45) is 0 Å². The van der Waals surface area contributed by atoms with E-state index in [0.717, 1.165) is 25.0 Å². The Labute approximate surface area is 155 Å². The number of anilines is 1. The van der Waals surface area contributed by atoms with Gasteiger partial charge >= 0.3 is 11.7 Å². The first kappa shape index (κ1) is 17.3. The third kappa shape index (κ3) is 4.01. The van der Waals surface area contributed by atoms with Gasteiger partial charge in [0.05, 0.1) is 12.6 Å². The lowest BCUT2D eigenvalue weighted by molar-refractivity contribution is 0.112. The first-order valence-electron chi connectivity index (χ1n) is 8.99. The molecule has 1 fully saturated rings. The van der Waals surface area contributed by atoms with Crippen molar-refractivity contribution in [1.82, 2.24) is 19.5 Å². The predicted molar refractivity (Wildman–Crippen MR) is 101 cm³/mol. The van der Waals surface area contributed by atoms with Gasteiger partial charge in [-0.3, -0.25) is 4.40 Å². The Kier molecular flexibility index (Phi) is 4.88. The number of hydrogen-bond acceptors (Lipinski definition) is 4. The molecule has 2 N–H and O–H groups in total. The zero-order valence-electron chi connectivity index (χ0n) is 14.8. The van der Waals surface area contributed by atoms with E-state index < -0.39 is 0 Å². The van der Waals surface area contributed by atoms with Crippen molar-refractivity contribution in [3.8, 4) is 0 Å². The normalized spacial score (nSPS) is 16.5. The van der Waals surface area contributed by atoms with Crippen LogP contribution < -0.4 is 16.3 Å². The van der Waals surface area contributed by atoms with Crippen molar-refractivity contribution in [2.45, 2.75) is 25.5 Å². The lowest BCUT2D eigenvalue weighted by Gasteiger charge is -2.12. The average molecular weight is 367 g/mol. The second kappa shape index (κ2) is 7.63. The largest absolute Gasteiger partial charge is 0.376 e. The molecular weight excluding hydrogens is 346 g/mol. The highest BCUT2D eigenvalue weighted by Crippen LogP contribution is 2.13. The molecule has 8 heteroatoms. The summed E-state index contributed by atoms with van der Waals surface area (Å²) in [6, 6.07) is 12.5. The van der Waals surface area contributed by atoms with Gasteiger partial charge < -0.3 is 15.4 Å². The van der Waals surface area contributed by atoms with E-state index in [2.05, 4.69) is 15.7 Å². The molecule has 1 aliphatic heterocycles. The Morgan fingerprint density at radius 2 is 2.19 bits per heavy atom. The zero-order valence-corrected chi connectivity index (χ0v) is 14.8. The van der Waals surface area contributed by atoms with Crippen molar-refractivity contribution in [3.05, 3.63) is 64.7 Å². The number of urea groups is 1. The van der Waals surface area contributed by atoms with Crippen molar-refractivity contribution in [2.75, 3.05) is 18.5 Å². The van der Waals surface area contributed by atoms with Gasteiger partial charge in [0.1, 0.15) is 0 Å². The average Bonchev–Trinajstić information content (AvgIpc) is 3.29. The fraction of sp³-hybridized carbons (Fsp3) is 0.316. The Morgan fingerprint density at radius 3 is 3.00 bits per heavy atom. The van der Waals surface area contributed by atoms with E-state index in [9.17, 15) is 9.59 Å². The van der Waals surface area contributed by atoms with Crippen LogP contribution in [0.25, 0.3) is 5.65 Å². The number of ether oxygens (including phenoxy) is 1. The van der Waals surface area contributed by atoms with Crippen LogP contribution in [0, 0.1) is 0 Å². The first-order chi connectivity index (χ1) is 13.2. The van der Waals surface area contributed by atoms with Crippen LogP contribution in [0.4, 0.5) is 10.5 Å². The van der Waals surface area contributed by atoms with Gasteiger partial charge in [0.15, 0.2) is 5.65 Å². The maximum Gasteiger partial charge on any atom is 0.350 e. The molecule has 140 valence electrons. The Hall–Kier alpha value is -3.13. The minimum atomic E-state index is -0.271. The molecule has 1 unspecified atom stereocenters. The molecule has 8 nitrogen and oxygen atoms in total. The molecule has 3 heterocycles. The number of pyridine rings is 1. The van der Waals surface area contributed by atoms with E-state index in [1.807, 2.05) is 30.3 Å². The lowest BCUT2D eigenvalue weighted by Crippen LogP contribution is -2.35. The summed E-state index contributed by atoms with van der Waals surface area (Å²) in [6.07, 6.45) is 3.81. The molecule has 1 atom stereocenters. The molecule has 2 amide bonds. The summed E-state index contributed by atoms with van der Waals surface area (Å²) in [4.78, 5) is 24.4. The fourth-order valence-corrected chi connectivity index (χ4v) is 3.18. The van der Waals surface area contributed by atoms with E-state index in [-0.39, 0.29) is 17.8 Å². The highest BCUT2D eigenvalue weighted by atomic mass is 16.5. The SMILES string of the molecule is O=C(NCC1CCCO1)Nc1cccc(Cn2nc3ccccn3c2=O)c1. The summed E-state index contributed by atoms with van der Waals surface area (Å²) in [7, 11) is 0. The number of aromatic nitrogens is 3. The molecule has 0 radical (unpaired) electrons. The number of nitrogens with one attached hydrogen (secondary N) is 2. The molecule has 0 spiro atoms. The van der Waals surface area contributed by atoms with Crippen molar-refractivity contribution in [1.29, 1.82) is 0 Å². The van der Waals surface area contributed by atoms with Crippen LogP contribution in [0.5, 0.6) is 0 Å². The van der Waals surface area contributed by atoms with Crippen LogP contribution in [-0.2, 0) is 11.3 Å². The Morgan fingerprint density at radius 1 is 1.26 bits per heavy atom. The summed E-state index contributed by atoms with van der Waals surface area (Å²) in [6.45, 7) is 1.59. The second-order valence-electron chi connectivity index (χ2n) is 6.54. The number of carbonyl (C=O) groups is 1. The van der Waals surface area contributed by atoms with Gasteiger partial charge in [-0.15, -0.1) is 5.10 Å². The Bertz CT molecular complexity index is 1000. The van der Waals surface area contributed by atoms with E-state index in [1.54, 1.807) is 18.3 Å². The van der Waals surface area contributed by atoms with Gasteiger partial charge in [-0.25, -0.2) is 14.3 Å². The number of hydrogen-bond donors (Lipinski definition) is 2. The number of fused-ring (bicyclic) bond motifs is 1. The lowest BCUT2D eigenvalue weighted by atomic mass is 10.2. The van der Waals surface area contributed by atoms with Crippen molar-refractivity contribution < 1.29 is 9.53 Å². The maximum atomic E-state index is 12.4. The third-order valence-corrected chi connectivity index (χ3v) is 4.52. The highest BCUT2D eigenvalue weighted by molar-refractivity contribution is 5.89. The van der Waals surface area contributed by atoms with Crippen molar-refractivity contribution in [3.63, 3.8) is 0 Å². The molecule has 0 saturated carbocycles. The molecule has 2 aromatic heterocycles. The molecule has 1 aliphatic rings. The first-order valence-corrected chi connectivity index (χ1v) is 8.99. The second-order valence-corrected chi connectivity index (χ2v) is 6.54. The molecule has 3 aromatic rings. The third-order valence-electron chi connectivity index (χ3n) is 4.52. The predicted octanol–water partition coefficient (Wildman–Crippen LogP) is 1.84. The van der Waals surface area contributed by atoms with Crippen LogP contribution in [0.2, 0.25) is 0 Å². The number of amides is 2. The number of nitrogens with zero attached hydrogens (tertiary/aromatic N) is 3. The number of benzene rings is 1. The van der Waals surface area contributed by atoms with Crippen molar-refractivity contribution >= 4 is 17.4 Å². The van der Waals surface area contributed by atoms with Gasteiger partial charge in [0.25, 0.3) is 0 Å². The van der Waals surface area contributed by atoms with Gasteiger partial charge in [0.2, 0.25) is 0 Å². The zero-order chi connectivity index (χ0) is 18.6. The number of rotatable bonds is 5. The van der Waals surface area contributed by atoms with Gasteiger partial charge in [0, 0.05) is 25.0 Å². The van der Waals surface area contributed by atoms with Crippen LogP contribution in [-0.4, -0.2) is 39.5 Å². The molecule has 1 saturated heterocycles. The minimum Gasteiger partial charge on any atom is -0.376 e. The molecule has 1 aromatic carbocycles. The topological polar surface area (TPSA) is 89.7 Å². The monoisotopic (exact) mass is 367 g/mol. The summed E-state index contributed by atoms with van der Waals surface area (Å²) in [5.74, 6) is 0. The van der Waals surface area contributed by atoms with E-state index in [0.29, 0.717) is 24.4 Å². The van der Waals surface area contributed by atoms with E-state index in [1.165, 1.54) is 9.08 Å². The quantitative estimate of drug-likeness (QED) is 0.720. The Balaban J connectivity index is 1.41. The molecule has 0 aliphatic carbocycles. The maximum absolute atomic E-state index is 12.4. The summed E-state index contributed by atoms with van der Waals surface area (Å²) in [5, 5.41) is 9.96. The van der Waals surface area contributed by atoms with Crippen LogP contribution in [0.15, 0.2) is 53.5 Å². The fourth-order valence-electron chi connectivity index (χ4n) is 3.18.